The first-order valence-corrected chi connectivity index (χ1v) is 14.8. The molecule has 6 nitrogen and oxygen atoms in total. The van der Waals surface area contributed by atoms with Crippen molar-refractivity contribution in [2.24, 2.45) is 0 Å². The summed E-state index contributed by atoms with van der Waals surface area (Å²) in [5.41, 5.74) is 1.84. The Morgan fingerprint density at radius 3 is 2.48 bits per heavy atom. The van der Waals surface area contributed by atoms with Crippen molar-refractivity contribution in [1.29, 1.82) is 0 Å². The first-order chi connectivity index (χ1) is 19.4. The zero-order chi connectivity index (χ0) is 28.1. The maximum absolute atomic E-state index is 14.0. The average molecular weight is 559 g/mol. The van der Waals surface area contributed by atoms with E-state index < -0.39 is 0 Å². The molecule has 2 fully saturated rings. The molecule has 0 radical (unpaired) electrons. The normalized spacial score (nSPS) is 24.1. The van der Waals surface area contributed by atoms with E-state index in [9.17, 15) is 9.59 Å². The molecule has 40 heavy (non-hydrogen) atoms. The van der Waals surface area contributed by atoms with Gasteiger partial charge in [-0.3, -0.25) is 14.5 Å². The van der Waals surface area contributed by atoms with Crippen molar-refractivity contribution in [3.63, 3.8) is 0 Å². The smallest absolute Gasteiger partial charge is 0.244 e. The Balaban J connectivity index is 1.29. The van der Waals surface area contributed by atoms with Gasteiger partial charge in [0.05, 0.1) is 6.04 Å². The monoisotopic (exact) mass is 558 g/mol. The number of hydrogen-bond acceptors (Lipinski definition) is 4. The van der Waals surface area contributed by atoms with Crippen LogP contribution in [0.2, 0.25) is 5.02 Å². The van der Waals surface area contributed by atoms with Gasteiger partial charge in [0.15, 0.2) is 0 Å². The molecule has 2 N–H and O–H groups in total. The van der Waals surface area contributed by atoms with Crippen molar-refractivity contribution in [1.82, 2.24) is 15.5 Å². The molecule has 0 spiro atoms. The summed E-state index contributed by atoms with van der Waals surface area (Å²) in [6, 6.07) is 22.6. The minimum Gasteiger partial charge on any atom is -0.351 e. The summed E-state index contributed by atoms with van der Waals surface area (Å²) >= 11 is 5.95. The Bertz CT molecular complexity index is 1350. The third-order valence-electron chi connectivity index (χ3n) is 8.38. The molecule has 0 aromatic heterocycles. The highest BCUT2D eigenvalue weighted by Crippen LogP contribution is 2.27. The van der Waals surface area contributed by atoms with Crippen LogP contribution in [0.3, 0.4) is 0 Å². The third kappa shape index (κ3) is 6.92. The number of halogens is 1. The summed E-state index contributed by atoms with van der Waals surface area (Å²) in [5, 5.41) is 9.60. The van der Waals surface area contributed by atoms with E-state index in [0.29, 0.717) is 30.2 Å². The Morgan fingerprint density at radius 1 is 1.00 bits per heavy atom. The van der Waals surface area contributed by atoms with Crippen LogP contribution in [0.5, 0.6) is 0 Å². The Morgan fingerprint density at radius 2 is 1.73 bits per heavy atom. The van der Waals surface area contributed by atoms with Gasteiger partial charge in [0.1, 0.15) is 0 Å². The fourth-order valence-electron chi connectivity index (χ4n) is 5.99. The Hall–Kier alpha value is -3.19. The Labute approximate surface area is 242 Å². The summed E-state index contributed by atoms with van der Waals surface area (Å²) in [5.74, 6) is -0.0544. The summed E-state index contributed by atoms with van der Waals surface area (Å²) < 4.78 is 0. The lowest BCUT2D eigenvalue weighted by atomic mass is 10.1. The maximum Gasteiger partial charge on any atom is 0.244 e. The van der Waals surface area contributed by atoms with Gasteiger partial charge in [-0.05, 0) is 86.2 Å². The van der Waals surface area contributed by atoms with E-state index in [2.05, 4.69) is 53.6 Å². The fourth-order valence-corrected chi connectivity index (χ4v) is 6.11. The van der Waals surface area contributed by atoms with Crippen LogP contribution in [0.4, 0.5) is 5.69 Å². The zero-order valence-corrected chi connectivity index (χ0v) is 24.1. The van der Waals surface area contributed by atoms with E-state index >= 15 is 0 Å². The quantitative estimate of drug-likeness (QED) is 0.351. The molecule has 2 unspecified atom stereocenters. The number of rotatable bonds is 8. The summed E-state index contributed by atoms with van der Waals surface area (Å²) in [6.07, 6.45) is 7.20. The van der Waals surface area contributed by atoms with E-state index in [0.717, 1.165) is 41.4 Å². The topological polar surface area (TPSA) is 64.7 Å². The minimum absolute atomic E-state index is 0.0132. The van der Waals surface area contributed by atoms with Crippen LogP contribution in [0.25, 0.3) is 16.8 Å². The molecule has 3 aromatic rings. The van der Waals surface area contributed by atoms with Crippen LogP contribution in [0.15, 0.2) is 72.8 Å². The molecule has 4 atom stereocenters. The van der Waals surface area contributed by atoms with E-state index in [1.54, 1.807) is 24.3 Å². The van der Waals surface area contributed by atoms with Crippen LogP contribution in [0, 0.1) is 0 Å². The van der Waals surface area contributed by atoms with E-state index in [-0.39, 0.29) is 23.9 Å². The molecule has 210 valence electrons. The van der Waals surface area contributed by atoms with Crippen LogP contribution in [-0.4, -0.2) is 60.5 Å². The van der Waals surface area contributed by atoms with Crippen LogP contribution >= 0.6 is 11.6 Å². The molecular formula is C33H39ClN4O2. The van der Waals surface area contributed by atoms with E-state index in [4.69, 9.17) is 11.6 Å². The van der Waals surface area contributed by atoms with Crippen molar-refractivity contribution >= 4 is 46.0 Å². The number of carbonyl (C=O) groups excluding carboxylic acids is 2. The van der Waals surface area contributed by atoms with Crippen molar-refractivity contribution in [2.75, 3.05) is 24.5 Å². The van der Waals surface area contributed by atoms with Gasteiger partial charge < -0.3 is 15.5 Å². The summed E-state index contributed by atoms with van der Waals surface area (Å²) in [7, 11) is 0. The van der Waals surface area contributed by atoms with Crippen LogP contribution in [-0.2, 0) is 9.59 Å². The highest BCUT2D eigenvalue weighted by atomic mass is 35.5. The number of anilines is 1. The van der Waals surface area contributed by atoms with Crippen molar-refractivity contribution < 1.29 is 9.59 Å². The molecule has 2 aliphatic heterocycles. The minimum atomic E-state index is -0.319. The fraction of sp³-hybridized carbons (Fsp3) is 0.394. The van der Waals surface area contributed by atoms with Gasteiger partial charge in [-0.2, -0.15) is 0 Å². The highest BCUT2D eigenvalue weighted by molar-refractivity contribution is 6.30. The number of likely N-dealkylation sites (tertiary alicyclic amines) is 1. The highest BCUT2D eigenvalue weighted by Gasteiger charge is 2.34. The molecule has 0 saturated carbocycles. The van der Waals surface area contributed by atoms with E-state index in [1.165, 1.54) is 12.8 Å². The van der Waals surface area contributed by atoms with Crippen LogP contribution < -0.4 is 15.5 Å². The average Bonchev–Trinajstić information content (AvgIpc) is 3.19. The molecule has 5 rings (SSSR count). The second-order valence-corrected chi connectivity index (χ2v) is 11.6. The molecule has 2 saturated heterocycles. The second kappa shape index (κ2) is 13.0. The zero-order valence-electron chi connectivity index (χ0n) is 23.4. The molecule has 7 heteroatoms. The molecule has 2 amide bonds. The maximum atomic E-state index is 14.0. The lowest BCUT2D eigenvalue weighted by Gasteiger charge is -2.30. The van der Waals surface area contributed by atoms with Crippen molar-refractivity contribution in [3.8, 4) is 0 Å². The van der Waals surface area contributed by atoms with Crippen LogP contribution in [0.1, 0.15) is 45.1 Å². The SMILES string of the molecule is CC1CCC(C)N1CC[C@H]1N[C@@H](CNC(=O)/C=C/c2ccc(Cl)cc2)CCN(c2ccc3ccccc3c2)C1=O. The van der Waals surface area contributed by atoms with Gasteiger partial charge in [-0.1, -0.05) is 54.1 Å². The lowest BCUT2D eigenvalue weighted by Crippen LogP contribution is -2.50. The number of fused-ring (bicyclic) bond motifs is 1. The number of hydrogen-bond donors (Lipinski definition) is 2. The van der Waals surface area contributed by atoms with Gasteiger partial charge >= 0.3 is 0 Å². The predicted octanol–water partition coefficient (Wildman–Crippen LogP) is 5.65. The number of carbonyl (C=O) groups is 2. The standard InChI is InChI=1S/C33H39ClN4O2/c1-23-7-8-24(2)37(23)20-18-31-33(40)38(30-15-12-26-5-3-4-6-27(26)21-30)19-17-29(36-31)22-35-32(39)16-11-25-9-13-28(34)14-10-25/h3-6,9-16,21,23-24,29,31,36H,7-8,17-20,22H2,1-2H3,(H,35,39)/b16-11+/t23?,24?,29-,31-/m1/s1. The molecular weight excluding hydrogens is 520 g/mol. The second-order valence-electron chi connectivity index (χ2n) is 11.2. The number of nitrogens with zero attached hydrogens (tertiary/aromatic N) is 2. The molecule has 2 heterocycles. The van der Waals surface area contributed by atoms with Gasteiger partial charge in [0.25, 0.3) is 0 Å². The first kappa shape index (κ1) is 28.3. The predicted molar refractivity (Wildman–Crippen MR) is 165 cm³/mol. The number of nitrogens with one attached hydrogen (secondary N) is 2. The van der Waals surface area contributed by atoms with Gasteiger partial charge in [0.2, 0.25) is 11.8 Å². The molecule has 2 aliphatic rings. The molecule has 0 bridgehead atoms. The van der Waals surface area contributed by atoms with Crippen molar-refractivity contribution in [2.45, 2.75) is 63.7 Å². The first-order valence-electron chi connectivity index (χ1n) is 14.4. The van der Waals surface area contributed by atoms with Gasteiger partial charge in [-0.25, -0.2) is 0 Å². The van der Waals surface area contributed by atoms with Gasteiger partial charge in [-0.15, -0.1) is 0 Å². The van der Waals surface area contributed by atoms with Crippen molar-refractivity contribution in [3.05, 3.63) is 83.4 Å². The molecule has 0 aliphatic carbocycles. The molecule has 3 aromatic carbocycles. The van der Waals surface area contributed by atoms with E-state index in [1.807, 2.05) is 35.2 Å². The number of benzene rings is 3. The number of amides is 2. The van der Waals surface area contributed by atoms with Gasteiger partial charge in [0, 0.05) is 54.5 Å². The third-order valence-corrected chi connectivity index (χ3v) is 8.63. The summed E-state index contributed by atoms with van der Waals surface area (Å²) in [6.45, 7) is 6.49. The Kier molecular flexibility index (Phi) is 9.20. The lowest BCUT2D eigenvalue weighted by molar-refractivity contribution is -0.120. The largest absolute Gasteiger partial charge is 0.351 e. The summed E-state index contributed by atoms with van der Waals surface area (Å²) in [4.78, 5) is 31.0.